The lowest BCUT2D eigenvalue weighted by molar-refractivity contribution is -0.142. The molecule has 0 N–H and O–H groups in total. The molecule has 0 saturated carbocycles. The van der Waals surface area contributed by atoms with Crippen LogP contribution in [0.15, 0.2) is 48.5 Å². The highest BCUT2D eigenvalue weighted by Crippen LogP contribution is 2.27. The number of carbonyl (C=O) groups is 1. The minimum atomic E-state index is -0.769. The van der Waals surface area contributed by atoms with E-state index in [1.54, 1.807) is 14.0 Å². The number of halogens is 1. The summed E-state index contributed by atoms with van der Waals surface area (Å²) in [6.45, 7) is 2.08. The molecule has 0 aromatic heterocycles. The van der Waals surface area contributed by atoms with E-state index < -0.39 is 11.3 Å². The van der Waals surface area contributed by atoms with Gasteiger partial charge in [0, 0.05) is 0 Å². The summed E-state index contributed by atoms with van der Waals surface area (Å²) in [7, 11) is 1.64. The zero-order valence-corrected chi connectivity index (χ0v) is 12.8. The van der Waals surface area contributed by atoms with Crippen LogP contribution in [0.3, 0.4) is 0 Å². The van der Waals surface area contributed by atoms with E-state index in [-0.39, 0.29) is 0 Å². The molecule has 0 spiro atoms. The Morgan fingerprint density at radius 3 is 2.05 bits per heavy atom. The van der Waals surface area contributed by atoms with Gasteiger partial charge in [0.2, 0.25) is 0 Å². The van der Waals surface area contributed by atoms with Crippen LogP contribution in [0.4, 0.5) is 0 Å². The highest BCUT2D eigenvalue weighted by molar-refractivity contribution is 6.29. The second-order valence-corrected chi connectivity index (χ2v) is 4.90. The molecule has 0 aliphatic rings. The van der Waals surface area contributed by atoms with Crippen molar-refractivity contribution in [3.8, 4) is 16.9 Å². The van der Waals surface area contributed by atoms with Gasteiger partial charge in [-0.1, -0.05) is 36.4 Å². The van der Waals surface area contributed by atoms with Gasteiger partial charge in [0.15, 0.2) is 5.38 Å². The molecule has 110 valence electrons. The first-order valence-electron chi connectivity index (χ1n) is 6.70. The smallest absolute Gasteiger partial charge is 0.328 e. The average molecular weight is 305 g/mol. The number of ether oxygens (including phenoxy) is 2. The molecule has 0 aliphatic heterocycles. The van der Waals surface area contributed by atoms with Crippen LogP contribution >= 0.6 is 11.6 Å². The molecule has 0 amide bonds. The normalized spacial score (nSPS) is 11.8. The van der Waals surface area contributed by atoms with Gasteiger partial charge in [-0.05, 0) is 35.7 Å². The molecule has 2 aromatic carbocycles. The van der Waals surface area contributed by atoms with E-state index in [1.807, 2.05) is 48.5 Å². The molecule has 4 heteroatoms. The molecule has 2 rings (SSSR count). The van der Waals surface area contributed by atoms with Crippen LogP contribution < -0.4 is 4.74 Å². The number of hydrogen-bond acceptors (Lipinski definition) is 3. The van der Waals surface area contributed by atoms with Crippen molar-refractivity contribution in [1.82, 2.24) is 0 Å². The molecule has 21 heavy (non-hydrogen) atoms. The molecular formula is C17H17ClO3. The summed E-state index contributed by atoms with van der Waals surface area (Å²) in [6.07, 6.45) is 0. The van der Waals surface area contributed by atoms with Gasteiger partial charge in [0.25, 0.3) is 0 Å². The van der Waals surface area contributed by atoms with Crippen molar-refractivity contribution >= 4 is 17.6 Å². The van der Waals surface area contributed by atoms with Crippen LogP contribution in [0.25, 0.3) is 11.1 Å². The van der Waals surface area contributed by atoms with Crippen LogP contribution in [-0.2, 0) is 9.53 Å². The van der Waals surface area contributed by atoms with Gasteiger partial charge in [-0.25, -0.2) is 0 Å². The predicted octanol–water partition coefficient (Wildman–Crippen LogP) is 4.21. The van der Waals surface area contributed by atoms with Crippen molar-refractivity contribution in [1.29, 1.82) is 0 Å². The molecule has 0 heterocycles. The molecule has 0 bridgehead atoms. The van der Waals surface area contributed by atoms with Crippen molar-refractivity contribution in [2.45, 2.75) is 12.3 Å². The number of esters is 1. The van der Waals surface area contributed by atoms with E-state index in [9.17, 15) is 4.79 Å². The average Bonchev–Trinajstić information content (AvgIpc) is 2.54. The Morgan fingerprint density at radius 2 is 1.57 bits per heavy atom. The van der Waals surface area contributed by atoms with Crippen LogP contribution in [0.2, 0.25) is 0 Å². The Bertz CT molecular complexity index is 590. The number of hydrogen-bond donors (Lipinski definition) is 0. The van der Waals surface area contributed by atoms with Crippen molar-refractivity contribution in [2.24, 2.45) is 0 Å². The quantitative estimate of drug-likeness (QED) is 0.613. The van der Waals surface area contributed by atoms with E-state index in [4.69, 9.17) is 21.1 Å². The Morgan fingerprint density at radius 1 is 1.05 bits per heavy atom. The van der Waals surface area contributed by atoms with Crippen molar-refractivity contribution < 1.29 is 14.3 Å². The molecular weight excluding hydrogens is 288 g/mol. The van der Waals surface area contributed by atoms with Gasteiger partial charge < -0.3 is 9.47 Å². The Balaban J connectivity index is 2.16. The SMILES string of the molecule is CCOC(=O)C(Cl)c1ccc(-c2ccc(OC)cc2)cc1. The molecule has 1 unspecified atom stereocenters. The van der Waals surface area contributed by atoms with E-state index in [0.29, 0.717) is 6.61 Å². The first-order valence-corrected chi connectivity index (χ1v) is 7.14. The van der Waals surface area contributed by atoms with Gasteiger partial charge in [-0.15, -0.1) is 11.6 Å². The van der Waals surface area contributed by atoms with E-state index in [1.165, 1.54) is 0 Å². The van der Waals surface area contributed by atoms with Crippen LogP contribution in [-0.4, -0.2) is 19.7 Å². The highest BCUT2D eigenvalue weighted by atomic mass is 35.5. The fourth-order valence-corrected chi connectivity index (χ4v) is 2.19. The third-order valence-corrected chi connectivity index (χ3v) is 3.55. The Kier molecular flexibility index (Phi) is 5.23. The highest BCUT2D eigenvalue weighted by Gasteiger charge is 2.18. The van der Waals surface area contributed by atoms with Gasteiger partial charge in [0.05, 0.1) is 13.7 Å². The number of alkyl halides is 1. The summed E-state index contributed by atoms with van der Waals surface area (Å²) in [5, 5.41) is -0.769. The third-order valence-electron chi connectivity index (χ3n) is 3.12. The number of methoxy groups -OCH3 is 1. The fraction of sp³-hybridized carbons (Fsp3) is 0.235. The van der Waals surface area contributed by atoms with Crippen molar-refractivity contribution in [3.63, 3.8) is 0 Å². The van der Waals surface area contributed by atoms with Crippen LogP contribution in [0, 0.1) is 0 Å². The summed E-state index contributed by atoms with van der Waals surface area (Å²) >= 11 is 6.08. The zero-order valence-electron chi connectivity index (χ0n) is 12.0. The van der Waals surface area contributed by atoms with Gasteiger partial charge in [-0.3, -0.25) is 4.79 Å². The largest absolute Gasteiger partial charge is 0.497 e. The zero-order chi connectivity index (χ0) is 15.2. The van der Waals surface area contributed by atoms with Gasteiger partial charge >= 0.3 is 5.97 Å². The number of benzene rings is 2. The first kappa shape index (κ1) is 15.4. The molecule has 0 radical (unpaired) electrons. The lowest BCUT2D eigenvalue weighted by atomic mass is 10.0. The standard InChI is InChI=1S/C17H17ClO3/c1-3-21-17(19)16(18)14-6-4-12(5-7-14)13-8-10-15(20-2)11-9-13/h4-11,16H,3H2,1-2H3. The predicted molar refractivity (Wildman–Crippen MR) is 83.7 cm³/mol. The second-order valence-electron chi connectivity index (χ2n) is 4.47. The first-order chi connectivity index (χ1) is 10.2. The summed E-state index contributed by atoms with van der Waals surface area (Å²) in [6, 6.07) is 15.3. The molecule has 2 aromatic rings. The summed E-state index contributed by atoms with van der Waals surface area (Å²) < 4.78 is 10.0. The molecule has 0 aliphatic carbocycles. The van der Waals surface area contributed by atoms with E-state index in [0.717, 1.165) is 22.4 Å². The van der Waals surface area contributed by atoms with E-state index in [2.05, 4.69) is 0 Å². The van der Waals surface area contributed by atoms with Gasteiger partial charge in [-0.2, -0.15) is 0 Å². The number of rotatable bonds is 5. The maximum atomic E-state index is 11.6. The monoisotopic (exact) mass is 304 g/mol. The van der Waals surface area contributed by atoms with Crippen molar-refractivity contribution in [3.05, 3.63) is 54.1 Å². The summed E-state index contributed by atoms with van der Waals surface area (Å²) in [4.78, 5) is 11.6. The molecule has 3 nitrogen and oxygen atoms in total. The molecule has 1 atom stereocenters. The van der Waals surface area contributed by atoms with E-state index >= 15 is 0 Å². The topological polar surface area (TPSA) is 35.5 Å². The summed E-state index contributed by atoms with van der Waals surface area (Å²) in [5.74, 6) is 0.398. The van der Waals surface area contributed by atoms with Crippen molar-refractivity contribution in [2.75, 3.05) is 13.7 Å². The lowest BCUT2D eigenvalue weighted by Crippen LogP contribution is -2.10. The van der Waals surface area contributed by atoms with Gasteiger partial charge in [0.1, 0.15) is 5.75 Å². The maximum absolute atomic E-state index is 11.6. The maximum Gasteiger partial charge on any atom is 0.328 e. The Labute approximate surface area is 129 Å². The molecule has 0 saturated heterocycles. The minimum Gasteiger partial charge on any atom is -0.497 e. The minimum absolute atomic E-state index is 0.325. The van der Waals surface area contributed by atoms with Crippen LogP contribution in [0.5, 0.6) is 5.75 Å². The fourth-order valence-electron chi connectivity index (χ4n) is 1.98. The third kappa shape index (κ3) is 3.76. The number of carbonyl (C=O) groups excluding carboxylic acids is 1. The molecule has 0 fully saturated rings. The lowest BCUT2D eigenvalue weighted by Gasteiger charge is -2.10. The summed E-state index contributed by atoms with van der Waals surface area (Å²) in [5.41, 5.74) is 2.85. The van der Waals surface area contributed by atoms with Crippen LogP contribution in [0.1, 0.15) is 17.9 Å². The second kappa shape index (κ2) is 7.14. The Hall–Kier alpha value is -2.00.